The molecule has 0 spiro atoms. The average Bonchev–Trinajstić information content (AvgIpc) is 2.90. The number of anilines is 2. The SMILES string of the molecule is CC.CCOc1ccc(CC(=O)N2CC(C)Cc3ccc(SNc4ccc(OCC)cc4)cc32)cc1. The zero-order valence-corrected chi connectivity index (χ0v) is 22.9. The Morgan fingerprint density at radius 3 is 2.17 bits per heavy atom. The molecule has 1 aliphatic heterocycles. The van der Waals surface area contributed by atoms with Gasteiger partial charge in [0.2, 0.25) is 5.91 Å². The molecule has 0 radical (unpaired) electrons. The van der Waals surface area contributed by atoms with Crippen LogP contribution in [0.15, 0.2) is 71.6 Å². The van der Waals surface area contributed by atoms with Crippen LogP contribution in [0.1, 0.15) is 45.7 Å². The molecule has 5 nitrogen and oxygen atoms in total. The molecule has 6 heteroatoms. The van der Waals surface area contributed by atoms with Crippen LogP contribution in [-0.4, -0.2) is 25.7 Å². The first kappa shape index (κ1) is 27.5. The minimum atomic E-state index is 0.124. The van der Waals surface area contributed by atoms with Crippen molar-refractivity contribution in [1.29, 1.82) is 0 Å². The first-order valence-electron chi connectivity index (χ1n) is 12.9. The molecule has 1 aliphatic rings. The number of carbonyl (C=O) groups excluding carboxylic acids is 1. The molecule has 0 saturated heterocycles. The molecule has 0 fully saturated rings. The van der Waals surface area contributed by atoms with Gasteiger partial charge in [0.15, 0.2) is 0 Å². The summed E-state index contributed by atoms with van der Waals surface area (Å²) in [5.41, 5.74) is 4.25. The topological polar surface area (TPSA) is 50.8 Å². The first-order chi connectivity index (χ1) is 17.6. The van der Waals surface area contributed by atoms with E-state index < -0.39 is 0 Å². The Morgan fingerprint density at radius 2 is 1.56 bits per heavy atom. The number of hydrogen-bond acceptors (Lipinski definition) is 5. The number of benzene rings is 3. The second-order valence-corrected chi connectivity index (χ2v) is 9.40. The molecule has 4 rings (SSSR count). The molecule has 0 aromatic heterocycles. The van der Waals surface area contributed by atoms with Crippen molar-refractivity contribution in [3.63, 3.8) is 0 Å². The second-order valence-electron chi connectivity index (χ2n) is 8.52. The smallest absolute Gasteiger partial charge is 0.231 e. The summed E-state index contributed by atoms with van der Waals surface area (Å²) in [6, 6.07) is 22.2. The normalized spacial score (nSPS) is 14.2. The molecule has 192 valence electrons. The molecule has 0 bridgehead atoms. The van der Waals surface area contributed by atoms with E-state index in [0.717, 1.165) is 46.3 Å². The van der Waals surface area contributed by atoms with Gasteiger partial charge in [0.05, 0.1) is 19.6 Å². The lowest BCUT2D eigenvalue weighted by Gasteiger charge is -2.33. The number of hydrogen-bond donors (Lipinski definition) is 1. The fourth-order valence-electron chi connectivity index (χ4n) is 4.16. The summed E-state index contributed by atoms with van der Waals surface area (Å²) in [7, 11) is 0. The third-order valence-corrected chi connectivity index (χ3v) is 6.58. The summed E-state index contributed by atoms with van der Waals surface area (Å²) in [5.74, 6) is 2.25. The van der Waals surface area contributed by atoms with Crippen LogP contribution < -0.4 is 19.1 Å². The van der Waals surface area contributed by atoms with E-state index in [2.05, 4.69) is 29.8 Å². The van der Waals surface area contributed by atoms with Crippen molar-refractivity contribution in [2.75, 3.05) is 29.4 Å². The van der Waals surface area contributed by atoms with Crippen molar-refractivity contribution in [3.8, 4) is 11.5 Å². The number of ether oxygens (including phenoxy) is 2. The van der Waals surface area contributed by atoms with Crippen molar-refractivity contribution in [3.05, 3.63) is 77.9 Å². The van der Waals surface area contributed by atoms with Gasteiger partial charge in [-0.2, -0.15) is 0 Å². The van der Waals surface area contributed by atoms with Gasteiger partial charge in [-0.3, -0.25) is 4.79 Å². The highest BCUT2D eigenvalue weighted by atomic mass is 32.2. The van der Waals surface area contributed by atoms with E-state index in [1.165, 1.54) is 5.56 Å². The fraction of sp³-hybridized carbons (Fsp3) is 0.367. The Hall–Kier alpha value is -3.12. The van der Waals surface area contributed by atoms with E-state index in [1.807, 2.05) is 81.1 Å². The van der Waals surface area contributed by atoms with Crippen molar-refractivity contribution in [2.45, 2.75) is 52.4 Å². The Labute approximate surface area is 220 Å². The molecule has 0 aliphatic carbocycles. The molecule has 1 amide bonds. The van der Waals surface area contributed by atoms with E-state index in [4.69, 9.17) is 9.47 Å². The first-order valence-corrected chi connectivity index (χ1v) is 13.7. The van der Waals surface area contributed by atoms with Crippen LogP contribution in [-0.2, 0) is 17.6 Å². The summed E-state index contributed by atoms with van der Waals surface area (Å²) in [4.78, 5) is 16.4. The molecular weight excluding hydrogens is 468 g/mol. The van der Waals surface area contributed by atoms with Crippen molar-refractivity contribution >= 4 is 29.2 Å². The Morgan fingerprint density at radius 1 is 0.944 bits per heavy atom. The minimum Gasteiger partial charge on any atom is -0.494 e. The molecular formula is C30H38N2O3S. The van der Waals surface area contributed by atoms with Crippen LogP contribution in [0.3, 0.4) is 0 Å². The highest BCUT2D eigenvalue weighted by Gasteiger charge is 2.26. The predicted molar refractivity (Wildman–Crippen MR) is 151 cm³/mol. The summed E-state index contributed by atoms with van der Waals surface area (Å²) in [5, 5.41) is 0. The Balaban J connectivity index is 0.00000176. The van der Waals surface area contributed by atoms with Gasteiger partial charge in [-0.1, -0.05) is 39.0 Å². The van der Waals surface area contributed by atoms with Crippen molar-refractivity contribution < 1.29 is 14.3 Å². The van der Waals surface area contributed by atoms with Gasteiger partial charge in [-0.25, -0.2) is 0 Å². The number of carbonyl (C=O) groups is 1. The molecule has 1 heterocycles. The standard InChI is InChI=1S/C28H32N2O3S.C2H6/c1-4-32-24-11-6-21(7-12-24)17-28(31)30-19-20(3)16-22-8-15-26(18-27(22)30)34-29-23-9-13-25(14-10-23)33-5-2;1-2/h6-15,18,20,29H,4-5,16-17,19H2,1-3H3;1-2H3. The van der Waals surface area contributed by atoms with Gasteiger partial charge in [-0.05, 0) is 97.8 Å². The molecule has 36 heavy (non-hydrogen) atoms. The molecule has 3 aromatic rings. The second kappa shape index (κ2) is 13.8. The summed E-state index contributed by atoms with van der Waals surface area (Å²) in [6.45, 7) is 12.2. The van der Waals surface area contributed by atoms with Crippen LogP contribution >= 0.6 is 11.9 Å². The van der Waals surface area contributed by atoms with E-state index in [9.17, 15) is 4.79 Å². The lowest BCUT2D eigenvalue weighted by Crippen LogP contribution is -2.40. The highest BCUT2D eigenvalue weighted by molar-refractivity contribution is 8.00. The van der Waals surface area contributed by atoms with E-state index >= 15 is 0 Å². The third kappa shape index (κ3) is 7.44. The number of nitrogens with zero attached hydrogens (tertiary/aromatic N) is 1. The van der Waals surface area contributed by atoms with Crippen molar-refractivity contribution in [1.82, 2.24) is 0 Å². The number of amides is 1. The van der Waals surface area contributed by atoms with E-state index in [1.54, 1.807) is 11.9 Å². The van der Waals surface area contributed by atoms with Gasteiger partial charge in [0.1, 0.15) is 11.5 Å². The number of fused-ring (bicyclic) bond motifs is 1. The lowest BCUT2D eigenvalue weighted by atomic mass is 9.93. The van der Waals surface area contributed by atoms with Crippen LogP contribution in [0.4, 0.5) is 11.4 Å². The monoisotopic (exact) mass is 506 g/mol. The van der Waals surface area contributed by atoms with Gasteiger partial charge in [0.25, 0.3) is 0 Å². The van der Waals surface area contributed by atoms with Crippen LogP contribution in [0.2, 0.25) is 0 Å². The Kier molecular flexibility index (Phi) is 10.6. The maximum Gasteiger partial charge on any atom is 0.231 e. The van der Waals surface area contributed by atoms with Crippen LogP contribution in [0.5, 0.6) is 11.5 Å². The lowest BCUT2D eigenvalue weighted by molar-refractivity contribution is -0.118. The summed E-state index contributed by atoms with van der Waals surface area (Å²) >= 11 is 1.55. The highest BCUT2D eigenvalue weighted by Crippen LogP contribution is 2.34. The minimum absolute atomic E-state index is 0.124. The molecule has 1 atom stereocenters. The number of nitrogens with one attached hydrogen (secondary N) is 1. The van der Waals surface area contributed by atoms with Gasteiger partial charge >= 0.3 is 0 Å². The maximum absolute atomic E-state index is 13.3. The average molecular weight is 507 g/mol. The van der Waals surface area contributed by atoms with Gasteiger partial charge < -0.3 is 19.1 Å². The Bertz CT molecular complexity index is 1100. The predicted octanol–water partition coefficient (Wildman–Crippen LogP) is 7.40. The summed E-state index contributed by atoms with van der Waals surface area (Å²) < 4.78 is 14.4. The molecule has 1 unspecified atom stereocenters. The number of rotatable bonds is 9. The van der Waals surface area contributed by atoms with Gasteiger partial charge in [0, 0.05) is 22.8 Å². The van der Waals surface area contributed by atoms with Crippen LogP contribution in [0.25, 0.3) is 0 Å². The summed E-state index contributed by atoms with van der Waals surface area (Å²) in [6.07, 6.45) is 1.36. The van der Waals surface area contributed by atoms with E-state index in [-0.39, 0.29) is 5.91 Å². The van der Waals surface area contributed by atoms with Gasteiger partial charge in [-0.15, -0.1) is 0 Å². The third-order valence-electron chi connectivity index (χ3n) is 5.75. The molecule has 1 N–H and O–H groups in total. The van der Waals surface area contributed by atoms with Crippen LogP contribution in [0, 0.1) is 5.92 Å². The fourth-order valence-corrected chi connectivity index (χ4v) is 4.84. The molecule has 0 saturated carbocycles. The van der Waals surface area contributed by atoms with Crippen molar-refractivity contribution in [2.24, 2.45) is 5.92 Å². The quantitative estimate of drug-likeness (QED) is 0.307. The maximum atomic E-state index is 13.3. The zero-order valence-electron chi connectivity index (χ0n) is 22.0. The zero-order chi connectivity index (χ0) is 25.9. The largest absolute Gasteiger partial charge is 0.494 e. The molecule has 3 aromatic carbocycles. The van der Waals surface area contributed by atoms with E-state index in [0.29, 0.717) is 25.6 Å².